The lowest BCUT2D eigenvalue weighted by Crippen LogP contribution is -2.31. The van der Waals surface area contributed by atoms with Gasteiger partial charge >= 0.3 is 0 Å². The summed E-state index contributed by atoms with van der Waals surface area (Å²) in [5, 5.41) is 7.16. The lowest BCUT2D eigenvalue weighted by molar-refractivity contribution is 0.221. The van der Waals surface area contributed by atoms with Crippen LogP contribution in [0.25, 0.3) is 0 Å². The van der Waals surface area contributed by atoms with Crippen LogP contribution in [-0.2, 0) is 6.54 Å². The molecular weight excluding hydrogens is 278 g/mol. The van der Waals surface area contributed by atoms with Crippen molar-refractivity contribution in [1.29, 1.82) is 0 Å². The predicted molar refractivity (Wildman–Crippen MR) is 94.6 cm³/mol. The van der Waals surface area contributed by atoms with Crippen LogP contribution in [0.3, 0.4) is 0 Å². The number of piperidine rings is 1. The summed E-state index contributed by atoms with van der Waals surface area (Å²) in [6.07, 6.45) is 4.07. The average Bonchev–Trinajstić information content (AvgIpc) is 2.48. The van der Waals surface area contributed by atoms with E-state index in [2.05, 4.69) is 53.6 Å². The first kappa shape index (κ1) is 16.2. The standard InChI is InChI=1S/C17H27N3S/c1-14(2)12-18-17(21)19-16-8-6-15(7-9-16)13-20-10-4-3-5-11-20/h6-9,14H,3-5,10-13H2,1-2H3,(H2,18,19,21). The summed E-state index contributed by atoms with van der Waals surface area (Å²) >= 11 is 5.29. The third kappa shape index (κ3) is 6.02. The van der Waals surface area contributed by atoms with Gasteiger partial charge in [-0.15, -0.1) is 0 Å². The highest BCUT2D eigenvalue weighted by molar-refractivity contribution is 7.80. The Balaban J connectivity index is 1.79. The number of hydrogen-bond donors (Lipinski definition) is 2. The second-order valence-electron chi connectivity index (χ2n) is 6.26. The minimum atomic E-state index is 0.594. The van der Waals surface area contributed by atoms with E-state index < -0.39 is 0 Å². The van der Waals surface area contributed by atoms with Gasteiger partial charge in [0.2, 0.25) is 0 Å². The van der Waals surface area contributed by atoms with Crippen molar-refractivity contribution in [3.8, 4) is 0 Å². The number of nitrogens with one attached hydrogen (secondary N) is 2. The topological polar surface area (TPSA) is 27.3 Å². The quantitative estimate of drug-likeness (QED) is 0.813. The molecule has 3 nitrogen and oxygen atoms in total. The first-order valence-electron chi connectivity index (χ1n) is 7.99. The molecule has 0 bridgehead atoms. The molecule has 1 fully saturated rings. The van der Waals surface area contributed by atoms with E-state index in [0.717, 1.165) is 18.8 Å². The molecule has 1 saturated heterocycles. The molecule has 0 unspecified atom stereocenters. The zero-order valence-electron chi connectivity index (χ0n) is 13.2. The first-order valence-corrected chi connectivity index (χ1v) is 8.40. The smallest absolute Gasteiger partial charge is 0.170 e. The fourth-order valence-electron chi connectivity index (χ4n) is 2.54. The van der Waals surface area contributed by atoms with Gasteiger partial charge < -0.3 is 10.6 Å². The summed E-state index contributed by atoms with van der Waals surface area (Å²) in [5.74, 6) is 0.594. The minimum Gasteiger partial charge on any atom is -0.362 e. The Kier molecular flexibility index (Phi) is 6.46. The van der Waals surface area contributed by atoms with Gasteiger partial charge in [0.25, 0.3) is 0 Å². The number of benzene rings is 1. The molecule has 0 spiro atoms. The Hall–Kier alpha value is -1.13. The lowest BCUT2D eigenvalue weighted by Gasteiger charge is -2.26. The van der Waals surface area contributed by atoms with Crippen molar-refractivity contribution in [3.63, 3.8) is 0 Å². The molecule has 0 radical (unpaired) electrons. The molecule has 2 rings (SSSR count). The van der Waals surface area contributed by atoms with Crippen molar-refractivity contribution < 1.29 is 0 Å². The number of anilines is 1. The van der Waals surface area contributed by atoms with Crippen molar-refractivity contribution in [1.82, 2.24) is 10.2 Å². The monoisotopic (exact) mass is 305 g/mol. The molecule has 1 aliphatic heterocycles. The van der Waals surface area contributed by atoms with E-state index in [9.17, 15) is 0 Å². The Morgan fingerprint density at radius 3 is 2.43 bits per heavy atom. The second-order valence-corrected chi connectivity index (χ2v) is 6.67. The van der Waals surface area contributed by atoms with E-state index in [1.165, 1.54) is 37.9 Å². The van der Waals surface area contributed by atoms with Crippen LogP contribution < -0.4 is 10.6 Å². The maximum absolute atomic E-state index is 5.29. The van der Waals surface area contributed by atoms with Gasteiger partial charge in [-0.25, -0.2) is 0 Å². The third-order valence-electron chi connectivity index (χ3n) is 3.74. The third-order valence-corrected chi connectivity index (χ3v) is 3.98. The first-order chi connectivity index (χ1) is 10.1. The zero-order chi connectivity index (χ0) is 15.1. The van der Waals surface area contributed by atoms with E-state index in [4.69, 9.17) is 12.2 Å². The Labute approximate surface area is 134 Å². The molecule has 116 valence electrons. The Morgan fingerprint density at radius 1 is 1.14 bits per heavy atom. The molecule has 0 aromatic heterocycles. The van der Waals surface area contributed by atoms with Crippen molar-refractivity contribution in [2.45, 2.75) is 39.7 Å². The van der Waals surface area contributed by atoms with Crippen LogP contribution >= 0.6 is 12.2 Å². The number of likely N-dealkylation sites (tertiary alicyclic amines) is 1. The second kappa shape index (κ2) is 8.35. The van der Waals surface area contributed by atoms with Gasteiger partial charge in [-0.1, -0.05) is 32.4 Å². The van der Waals surface area contributed by atoms with E-state index in [1.54, 1.807) is 0 Å². The molecule has 0 amide bonds. The van der Waals surface area contributed by atoms with Crippen LogP contribution in [0.1, 0.15) is 38.7 Å². The normalized spacial score (nSPS) is 16.0. The fourth-order valence-corrected chi connectivity index (χ4v) is 2.74. The van der Waals surface area contributed by atoms with E-state index in [0.29, 0.717) is 11.0 Å². The molecule has 1 aromatic rings. The molecule has 1 aliphatic rings. The van der Waals surface area contributed by atoms with Crippen molar-refractivity contribution in [3.05, 3.63) is 29.8 Å². The SMILES string of the molecule is CC(C)CNC(=S)Nc1ccc(CN2CCCCC2)cc1. The van der Waals surface area contributed by atoms with E-state index in [1.807, 2.05) is 0 Å². The molecule has 1 heterocycles. The van der Waals surface area contributed by atoms with E-state index >= 15 is 0 Å². The predicted octanol–water partition coefficient (Wildman–Crippen LogP) is 3.61. The molecule has 2 N–H and O–H groups in total. The average molecular weight is 305 g/mol. The van der Waals surface area contributed by atoms with Crippen LogP contribution in [-0.4, -0.2) is 29.6 Å². The summed E-state index contributed by atoms with van der Waals surface area (Å²) < 4.78 is 0. The summed E-state index contributed by atoms with van der Waals surface area (Å²) in [6, 6.07) is 8.62. The van der Waals surface area contributed by atoms with Gasteiger partial charge in [-0.3, -0.25) is 4.90 Å². The summed E-state index contributed by atoms with van der Waals surface area (Å²) in [5.41, 5.74) is 2.43. The van der Waals surface area contributed by atoms with Crippen molar-refractivity contribution >= 4 is 23.0 Å². The highest BCUT2D eigenvalue weighted by Gasteiger charge is 2.10. The van der Waals surface area contributed by atoms with Crippen molar-refractivity contribution in [2.75, 3.05) is 25.0 Å². The lowest BCUT2D eigenvalue weighted by atomic mass is 10.1. The number of hydrogen-bond acceptors (Lipinski definition) is 2. The number of nitrogens with zero attached hydrogens (tertiary/aromatic N) is 1. The fraction of sp³-hybridized carbons (Fsp3) is 0.588. The summed E-state index contributed by atoms with van der Waals surface area (Å²) in [4.78, 5) is 2.54. The van der Waals surface area contributed by atoms with Gasteiger partial charge in [0.05, 0.1) is 0 Å². The van der Waals surface area contributed by atoms with Crippen LogP contribution in [0.4, 0.5) is 5.69 Å². The van der Waals surface area contributed by atoms with E-state index in [-0.39, 0.29) is 0 Å². The minimum absolute atomic E-state index is 0.594. The molecular formula is C17H27N3S. The molecule has 4 heteroatoms. The van der Waals surface area contributed by atoms with Crippen LogP contribution in [0.2, 0.25) is 0 Å². The van der Waals surface area contributed by atoms with Gasteiger partial charge in [-0.2, -0.15) is 0 Å². The highest BCUT2D eigenvalue weighted by Crippen LogP contribution is 2.15. The molecule has 0 aliphatic carbocycles. The molecule has 21 heavy (non-hydrogen) atoms. The molecule has 1 aromatic carbocycles. The summed E-state index contributed by atoms with van der Waals surface area (Å²) in [7, 11) is 0. The molecule has 0 saturated carbocycles. The maximum Gasteiger partial charge on any atom is 0.170 e. The zero-order valence-corrected chi connectivity index (χ0v) is 14.0. The summed E-state index contributed by atoms with van der Waals surface area (Å²) in [6.45, 7) is 8.79. The highest BCUT2D eigenvalue weighted by atomic mass is 32.1. The maximum atomic E-state index is 5.29. The van der Waals surface area contributed by atoms with Gasteiger partial charge in [0, 0.05) is 18.8 Å². The van der Waals surface area contributed by atoms with Gasteiger partial charge in [0.15, 0.2) is 5.11 Å². The van der Waals surface area contributed by atoms with Crippen LogP contribution in [0, 0.1) is 5.92 Å². The Bertz CT molecular complexity index is 436. The number of rotatable bonds is 5. The largest absolute Gasteiger partial charge is 0.362 e. The van der Waals surface area contributed by atoms with Crippen LogP contribution in [0.5, 0.6) is 0 Å². The Morgan fingerprint density at radius 2 is 1.81 bits per heavy atom. The number of thiocarbonyl (C=S) groups is 1. The van der Waals surface area contributed by atoms with Crippen LogP contribution in [0.15, 0.2) is 24.3 Å². The van der Waals surface area contributed by atoms with Gasteiger partial charge in [-0.05, 0) is 61.8 Å². The molecule has 0 atom stereocenters. The van der Waals surface area contributed by atoms with Gasteiger partial charge in [0.1, 0.15) is 0 Å². The van der Waals surface area contributed by atoms with Crippen molar-refractivity contribution in [2.24, 2.45) is 5.92 Å².